The van der Waals surface area contributed by atoms with Gasteiger partial charge in [0.05, 0.1) is 20.3 Å². The first-order chi connectivity index (χ1) is 7.83. The summed E-state index contributed by atoms with van der Waals surface area (Å²) in [7, 11) is 1.63. The Labute approximate surface area is 94.1 Å². The lowest BCUT2D eigenvalue weighted by atomic mass is 10.2. The van der Waals surface area contributed by atoms with Gasteiger partial charge in [0.1, 0.15) is 18.0 Å². The molecule has 0 aliphatic carbocycles. The Morgan fingerprint density at radius 2 is 2.12 bits per heavy atom. The molecular weight excluding hydrogens is 208 g/mol. The molecule has 2 atom stereocenters. The van der Waals surface area contributed by atoms with Crippen LogP contribution < -0.4 is 4.74 Å². The van der Waals surface area contributed by atoms with E-state index < -0.39 is 0 Å². The molecule has 1 aliphatic heterocycles. The lowest BCUT2D eigenvalue weighted by molar-refractivity contribution is -0.108. The third-order valence-corrected chi connectivity index (χ3v) is 2.47. The molecule has 0 aromatic heterocycles. The largest absolute Gasteiger partial charge is 0.497 e. The van der Waals surface area contributed by atoms with Crippen LogP contribution in [0.5, 0.6) is 5.75 Å². The van der Waals surface area contributed by atoms with Crippen LogP contribution >= 0.6 is 0 Å². The van der Waals surface area contributed by atoms with Crippen molar-refractivity contribution in [1.29, 1.82) is 0 Å². The van der Waals surface area contributed by atoms with Crippen molar-refractivity contribution in [2.45, 2.75) is 18.8 Å². The molecule has 2 rings (SSSR count). The molecule has 1 aromatic rings. The molecule has 4 nitrogen and oxygen atoms in total. The van der Waals surface area contributed by atoms with E-state index in [4.69, 9.17) is 14.2 Å². The molecular formula is C12H14O4. The summed E-state index contributed by atoms with van der Waals surface area (Å²) in [6, 6.07) is 7.68. The van der Waals surface area contributed by atoms with Gasteiger partial charge in [-0.3, -0.25) is 0 Å². The van der Waals surface area contributed by atoms with E-state index >= 15 is 0 Å². The predicted molar refractivity (Wildman–Crippen MR) is 57.4 cm³/mol. The van der Waals surface area contributed by atoms with Crippen LogP contribution in [-0.4, -0.2) is 32.2 Å². The summed E-state index contributed by atoms with van der Waals surface area (Å²) in [4.78, 5) is 10.3. The van der Waals surface area contributed by atoms with Gasteiger partial charge in [0.15, 0.2) is 6.29 Å². The van der Waals surface area contributed by atoms with Gasteiger partial charge < -0.3 is 19.0 Å². The molecule has 86 valence electrons. The van der Waals surface area contributed by atoms with Crippen molar-refractivity contribution >= 4 is 6.29 Å². The highest BCUT2D eigenvalue weighted by Crippen LogP contribution is 2.20. The molecule has 1 aliphatic rings. The van der Waals surface area contributed by atoms with Gasteiger partial charge in [0, 0.05) is 0 Å². The number of hydrogen-bond donors (Lipinski definition) is 0. The Bertz CT molecular complexity index is 347. The van der Waals surface area contributed by atoms with Crippen LogP contribution in [0.3, 0.4) is 0 Å². The topological polar surface area (TPSA) is 48.1 Å². The first-order valence-corrected chi connectivity index (χ1v) is 5.15. The molecule has 0 unspecified atom stereocenters. The maximum absolute atomic E-state index is 10.3. The zero-order valence-corrected chi connectivity index (χ0v) is 9.09. The molecule has 1 heterocycles. The van der Waals surface area contributed by atoms with Gasteiger partial charge in [-0.2, -0.15) is 0 Å². The van der Waals surface area contributed by atoms with E-state index in [2.05, 4.69) is 0 Å². The number of ether oxygens (including phenoxy) is 3. The van der Waals surface area contributed by atoms with Gasteiger partial charge in [0.25, 0.3) is 0 Å². The number of hydrogen-bond acceptors (Lipinski definition) is 4. The van der Waals surface area contributed by atoms with Crippen molar-refractivity contribution in [3.8, 4) is 5.75 Å². The van der Waals surface area contributed by atoms with E-state index in [1.54, 1.807) is 7.11 Å². The van der Waals surface area contributed by atoms with E-state index in [1.807, 2.05) is 24.3 Å². The number of carbonyl (C=O) groups excluding carboxylic acids is 1. The number of aldehydes is 1. The second-order valence-corrected chi connectivity index (χ2v) is 3.64. The molecule has 0 bridgehead atoms. The third-order valence-electron chi connectivity index (χ3n) is 2.47. The SMILES string of the molecule is COc1ccc(COC[C@@H]2O[C@@H]2C=O)cc1. The van der Waals surface area contributed by atoms with Crippen LogP contribution in [0.1, 0.15) is 5.56 Å². The van der Waals surface area contributed by atoms with Crippen molar-refractivity contribution in [3.63, 3.8) is 0 Å². The zero-order valence-electron chi connectivity index (χ0n) is 9.09. The minimum Gasteiger partial charge on any atom is -0.497 e. The van der Waals surface area contributed by atoms with Crippen molar-refractivity contribution in [3.05, 3.63) is 29.8 Å². The molecule has 0 amide bonds. The zero-order chi connectivity index (χ0) is 11.4. The van der Waals surface area contributed by atoms with Crippen LogP contribution in [0.25, 0.3) is 0 Å². The van der Waals surface area contributed by atoms with Crippen molar-refractivity contribution < 1.29 is 19.0 Å². The van der Waals surface area contributed by atoms with Gasteiger partial charge >= 0.3 is 0 Å². The Morgan fingerprint density at radius 3 is 2.69 bits per heavy atom. The van der Waals surface area contributed by atoms with Gasteiger partial charge in [0.2, 0.25) is 0 Å². The van der Waals surface area contributed by atoms with Crippen LogP contribution in [0.15, 0.2) is 24.3 Å². The molecule has 1 aromatic carbocycles. The van der Waals surface area contributed by atoms with E-state index in [-0.39, 0.29) is 12.2 Å². The highest BCUT2D eigenvalue weighted by molar-refractivity contribution is 5.60. The van der Waals surface area contributed by atoms with Gasteiger partial charge in [-0.15, -0.1) is 0 Å². The van der Waals surface area contributed by atoms with Crippen molar-refractivity contribution in [2.75, 3.05) is 13.7 Å². The van der Waals surface area contributed by atoms with Gasteiger partial charge in [-0.1, -0.05) is 12.1 Å². The summed E-state index contributed by atoms with van der Waals surface area (Å²) in [6.07, 6.45) is 0.508. The number of rotatable bonds is 6. The number of methoxy groups -OCH3 is 1. The van der Waals surface area contributed by atoms with E-state index in [0.717, 1.165) is 17.6 Å². The average molecular weight is 222 g/mol. The Morgan fingerprint density at radius 1 is 1.38 bits per heavy atom. The minimum atomic E-state index is -0.254. The molecule has 16 heavy (non-hydrogen) atoms. The lowest BCUT2D eigenvalue weighted by Gasteiger charge is -2.03. The maximum atomic E-state index is 10.3. The minimum absolute atomic E-state index is 0.0456. The molecule has 0 N–H and O–H groups in total. The summed E-state index contributed by atoms with van der Waals surface area (Å²) >= 11 is 0. The van der Waals surface area contributed by atoms with Gasteiger partial charge in [-0.25, -0.2) is 0 Å². The molecule has 0 radical (unpaired) electrons. The van der Waals surface area contributed by atoms with Crippen LogP contribution in [0, 0.1) is 0 Å². The fraction of sp³-hybridized carbons (Fsp3) is 0.417. The predicted octanol–water partition coefficient (Wildman–Crippen LogP) is 1.18. The average Bonchev–Trinajstić information content (AvgIpc) is 3.09. The van der Waals surface area contributed by atoms with Crippen molar-refractivity contribution in [1.82, 2.24) is 0 Å². The highest BCUT2D eigenvalue weighted by atomic mass is 16.6. The summed E-state index contributed by atoms with van der Waals surface area (Å²) in [5, 5.41) is 0. The molecule has 0 saturated carbocycles. The second-order valence-electron chi connectivity index (χ2n) is 3.64. The fourth-order valence-electron chi connectivity index (χ4n) is 1.42. The first kappa shape index (κ1) is 11.1. The molecule has 4 heteroatoms. The van der Waals surface area contributed by atoms with Crippen molar-refractivity contribution in [2.24, 2.45) is 0 Å². The van der Waals surface area contributed by atoms with Crippen LogP contribution in [-0.2, 0) is 20.9 Å². The molecule has 1 saturated heterocycles. The Hall–Kier alpha value is -1.39. The third kappa shape index (κ3) is 2.81. The van der Waals surface area contributed by atoms with Gasteiger partial charge in [-0.05, 0) is 17.7 Å². The number of benzene rings is 1. The summed E-state index contributed by atoms with van der Waals surface area (Å²) in [5.74, 6) is 0.829. The lowest BCUT2D eigenvalue weighted by Crippen LogP contribution is -2.05. The fourth-order valence-corrected chi connectivity index (χ4v) is 1.42. The Balaban J connectivity index is 1.71. The second kappa shape index (κ2) is 5.09. The monoisotopic (exact) mass is 222 g/mol. The summed E-state index contributed by atoms with van der Waals surface area (Å²) < 4.78 is 15.5. The Kier molecular flexibility index (Phi) is 3.54. The number of carbonyl (C=O) groups is 1. The van der Waals surface area contributed by atoms with Crippen LogP contribution in [0.4, 0.5) is 0 Å². The highest BCUT2D eigenvalue weighted by Gasteiger charge is 2.38. The van der Waals surface area contributed by atoms with E-state index in [1.165, 1.54) is 0 Å². The van der Waals surface area contributed by atoms with E-state index in [0.29, 0.717) is 13.2 Å². The van der Waals surface area contributed by atoms with E-state index in [9.17, 15) is 4.79 Å². The molecule has 0 spiro atoms. The normalized spacial score (nSPS) is 22.8. The quantitative estimate of drug-likeness (QED) is 0.535. The summed E-state index contributed by atoms with van der Waals surface area (Å²) in [6.45, 7) is 0.991. The van der Waals surface area contributed by atoms with Crippen LogP contribution in [0.2, 0.25) is 0 Å². The standard InChI is InChI=1S/C12H14O4/c1-14-10-4-2-9(3-5-10)7-15-8-12-11(6-13)16-12/h2-6,11-12H,7-8H2,1H3/t11-,12+/m1/s1. The maximum Gasteiger partial charge on any atom is 0.151 e. The first-order valence-electron chi connectivity index (χ1n) is 5.15. The molecule has 1 fully saturated rings. The smallest absolute Gasteiger partial charge is 0.151 e. The summed E-state index contributed by atoms with van der Waals surface area (Å²) in [5.41, 5.74) is 1.07. The number of epoxide rings is 1.